The Morgan fingerprint density at radius 1 is 1.00 bits per heavy atom. The summed E-state index contributed by atoms with van der Waals surface area (Å²) in [7, 11) is 0. The number of amides is 1. The number of aliphatic hydroxyl groups excluding tert-OH is 1. The Bertz CT molecular complexity index is 1830. The quantitative estimate of drug-likeness (QED) is 0.0913. The molecule has 40 heavy (non-hydrogen) atoms. The minimum absolute atomic E-state index is 0.00508. The van der Waals surface area contributed by atoms with Crippen LogP contribution in [0, 0.1) is 18.6 Å². The number of aryl methyl sites for hydroxylation is 1. The highest BCUT2D eigenvalue weighted by atomic mass is 32.2. The van der Waals surface area contributed by atoms with Crippen LogP contribution in [0.3, 0.4) is 0 Å². The Morgan fingerprint density at radius 3 is 2.50 bits per heavy atom. The van der Waals surface area contributed by atoms with E-state index in [9.17, 15) is 19.1 Å². The molecule has 1 aliphatic heterocycles. The molecule has 1 fully saturated rings. The monoisotopic (exact) mass is 575 g/mol. The van der Waals surface area contributed by atoms with Crippen LogP contribution in [0.25, 0.3) is 11.4 Å². The van der Waals surface area contributed by atoms with Gasteiger partial charge in [-0.15, -0.1) is 10.2 Å². The lowest BCUT2D eigenvalue weighted by Gasteiger charge is -2.22. The van der Waals surface area contributed by atoms with Gasteiger partial charge in [0.2, 0.25) is 5.13 Å². The van der Waals surface area contributed by atoms with E-state index >= 15 is 4.39 Å². The van der Waals surface area contributed by atoms with Crippen LogP contribution in [0.1, 0.15) is 28.6 Å². The first kappa shape index (κ1) is 25.8. The van der Waals surface area contributed by atoms with Crippen molar-refractivity contribution in [2.75, 3.05) is 4.90 Å². The van der Waals surface area contributed by atoms with Gasteiger partial charge in [-0.2, -0.15) is 0 Å². The molecule has 1 amide bonds. The number of thioether (sulfide) groups is 1. The molecule has 0 saturated carbocycles. The van der Waals surface area contributed by atoms with Crippen LogP contribution < -0.4 is 4.90 Å². The molecular weight excluding hydrogens is 556 g/mol. The van der Waals surface area contributed by atoms with Crippen LogP contribution in [0.2, 0.25) is 0 Å². The fourth-order valence-electron chi connectivity index (χ4n) is 4.66. The molecule has 2 aromatic carbocycles. The van der Waals surface area contributed by atoms with Gasteiger partial charge in [-0.25, -0.2) is 13.8 Å². The second-order valence-corrected chi connectivity index (χ2v) is 11.1. The van der Waals surface area contributed by atoms with Crippen molar-refractivity contribution in [3.8, 4) is 0 Å². The van der Waals surface area contributed by atoms with Crippen LogP contribution in [0.5, 0.6) is 0 Å². The number of hydrogen-bond acceptors (Lipinski definition) is 8. The summed E-state index contributed by atoms with van der Waals surface area (Å²) < 4.78 is 31.3. The Kier molecular flexibility index (Phi) is 6.64. The molecule has 5 aromatic rings. The summed E-state index contributed by atoms with van der Waals surface area (Å²) in [6, 6.07) is 16.0. The van der Waals surface area contributed by atoms with Crippen molar-refractivity contribution in [3.63, 3.8) is 0 Å². The number of carbonyl (C=O) groups excluding carboxylic acids is 2. The summed E-state index contributed by atoms with van der Waals surface area (Å²) in [5.74, 6) is -3.21. The van der Waals surface area contributed by atoms with Gasteiger partial charge in [0, 0.05) is 17.5 Å². The largest absolute Gasteiger partial charge is 0.505 e. The minimum Gasteiger partial charge on any atom is -0.505 e. The minimum atomic E-state index is -1.31. The number of imidazole rings is 1. The summed E-state index contributed by atoms with van der Waals surface area (Å²) in [6.45, 7) is 1.67. The van der Waals surface area contributed by atoms with E-state index < -0.39 is 29.3 Å². The molecular formula is C28H19F2N5O3S2. The van der Waals surface area contributed by atoms with Crippen molar-refractivity contribution in [2.45, 2.75) is 23.1 Å². The van der Waals surface area contributed by atoms with Crippen molar-refractivity contribution in [3.05, 3.63) is 113 Å². The maximum atomic E-state index is 15.2. The highest BCUT2D eigenvalue weighted by Crippen LogP contribution is 2.45. The van der Waals surface area contributed by atoms with Gasteiger partial charge in [-0.1, -0.05) is 65.6 Å². The van der Waals surface area contributed by atoms with Gasteiger partial charge in [0.15, 0.2) is 10.1 Å². The van der Waals surface area contributed by atoms with Crippen LogP contribution in [0.4, 0.5) is 13.9 Å². The van der Waals surface area contributed by atoms with Crippen molar-refractivity contribution in [2.24, 2.45) is 0 Å². The van der Waals surface area contributed by atoms with E-state index in [4.69, 9.17) is 0 Å². The smallest absolute Gasteiger partial charge is 0.301 e. The van der Waals surface area contributed by atoms with Gasteiger partial charge in [0.05, 0.1) is 11.3 Å². The third-order valence-corrected chi connectivity index (χ3v) is 8.59. The van der Waals surface area contributed by atoms with Crippen molar-refractivity contribution in [1.82, 2.24) is 19.6 Å². The van der Waals surface area contributed by atoms with Gasteiger partial charge in [0.1, 0.15) is 29.0 Å². The third-order valence-electron chi connectivity index (χ3n) is 6.48. The molecule has 6 rings (SSSR count). The second kappa shape index (κ2) is 10.3. The SMILES string of the molecule is Cc1nc2ccccn2c1C(O)=C1C(=O)C(=O)N(c2nnc(SCc3ccccc3F)s2)C1c1ccccc1F. The summed E-state index contributed by atoms with van der Waals surface area (Å²) in [5.41, 5.74) is 1.35. The van der Waals surface area contributed by atoms with Crippen LogP contribution >= 0.6 is 23.1 Å². The average molecular weight is 576 g/mol. The van der Waals surface area contributed by atoms with Crippen LogP contribution in [-0.4, -0.2) is 36.4 Å². The lowest BCUT2D eigenvalue weighted by molar-refractivity contribution is -0.132. The normalized spacial score (nSPS) is 16.8. The molecule has 0 spiro atoms. The zero-order chi connectivity index (χ0) is 28.0. The van der Waals surface area contributed by atoms with Gasteiger partial charge in [-0.3, -0.25) is 18.9 Å². The van der Waals surface area contributed by atoms with E-state index in [1.165, 1.54) is 36.0 Å². The second-order valence-electron chi connectivity index (χ2n) is 8.90. The predicted octanol–water partition coefficient (Wildman–Crippen LogP) is 5.69. The number of pyridine rings is 1. The highest BCUT2D eigenvalue weighted by Gasteiger charge is 2.49. The molecule has 4 heterocycles. The molecule has 1 N–H and O–H groups in total. The molecule has 1 aliphatic rings. The Morgan fingerprint density at radius 2 is 1.73 bits per heavy atom. The Balaban J connectivity index is 1.45. The molecule has 1 atom stereocenters. The lowest BCUT2D eigenvalue weighted by Crippen LogP contribution is -2.29. The fraction of sp³-hybridized carbons (Fsp3) is 0.107. The average Bonchev–Trinajstić information content (AvgIpc) is 3.62. The number of halogens is 2. The molecule has 3 aromatic heterocycles. The summed E-state index contributed by atoms with van der Waals surface area (Å²) in [6.07, 6.45) is 1.67. The van der Waals surface area contributed by atoms with E-state index in [-0.39, 0.29) is 33.5 Å². The Labute approximate surface area is 234 Å². The summed E-state index contributed by atoms with van der Waals surface area (Å²) >= 11 is 2.22. The molecule has 1 saturated heterocycles. The number of ketones is 1. The molecule has 1 unspecified atom stereocenters. The van der Waals surface area contributed by atoms with Crippen LogP contribution in [-0.2, 0) is 15.3 Å². The number of hydrogen-bond donors (Lipinski definition) is 1. The predicted molar refractivity (Wildman–Crippen MR) is 147 cm³/mol. The van der Waals surface area contributed by atoms with Gasteiger partial charge >= 0.3 is 5.91 Å². The van der Waals surface area contributed by atoms with E-state index in [0.717, 1.165) is 16.2 Å². The van der Waals surface area contributed by atoms with Gasteiger partial charge < -0.3 is 5.11 Å². The zero-order valence-corrected chi connectivity index (χ0v) is 22.4. The Hall–Kier alpha value is -4.42. The number of aromatic nitrogens is 4. The van der Waals surface area contributed by atoms with E-state index in [2.05, 4.69) is 15.2 Å². The first-order valence-corrected chi connectivity index (χ1v) is 13.8. The summed E-state index contributed by atoms with van der Waals surface area (Å²) in [5, 5.41) is 19.8. The van der Waals surface area contributed by atoms with Gasteiger partial charge in [-0.05, 0) is 36.8 Å². The number of aliphatic hydroxyl groups is 1. The maximum absolute atomic E-state index is 15.2. The number of benzene rings is 2. The number of fused-ring (bicyclic) bond motifs is 1. The van der Waals surface area contributed by atoms with Crippen molar-refractivity contribution < 1.29 is 23.5 Å². The molecule has 0 bridgehead atoms. The first-order valence-electron chi connectivity index (χ1n) is 12.0. The number of carbonyl (C=O) groups is 2. The lowest BCUT2D eigenvalue weighted by atomic mass is 9.96. The topological polar surface area (TPSA) is 101 Å². The first-order chi connectivity index (χ1) is 19.3. The molecule has 8 nitrogen and oxygen atoms in total. The van der Waals surface area contributed by atoms with Crippen LogP contribution in [0.15, 0.2) is 82.8 Å². The standard InChI is InChI=1S/C28H19F2N5O3S2/c1-15-22(34-13-7-6-12-20(34)31-15)24(36)21-23(17-9-3-5-11-19(17)30)35(26(38)25(21)37)27-32-33-28(40-27)39-14-16-8-2-4-10-18(16)29/h2-13,23,36H,14H2,1H3. The number of anilines is 1. The number of rotatable bonds is 6. The van der Waals surface area contributed by atoms with Crippen molar-refractivity contribution >= 4 is 51.3 Å². The van der Waals surface area contributed by atoms with E-state index in [1.807, 2.05) is 0 Å². The van der Waals surface area contributed by atoms with E-state index in [1.54, 1.807) is 60.0 Å². The van der Waals surface area contributed by atoms with Gasteiger partial charge in [0.25, 0.3) is 5.78 Å². The summed E-state index contributed by atoms with van der Waals surface area (Å²) in [4.78, 5) is 32.4. The third kappa shape index (κ3) is 4.34. The number of Topliss-reactive ketones (excluding diaryl/α,β-unsaturated/α-hetero) is 1. The number of nitrogens with zero attached hydrogens (tertiary/aromatic N) is 5. The molecule has 12 heteroatoms. The van der Waals surface area contributed by atoms with E-state index in [0.29, 0.717) is 21.2 Å². The zero-order valence-electron chi connectivity index (χ0n) is 20.8. The highest BCUT2D eigenvalue weighted by molar-refractivity contribution is 8.00. The molecule has 0 radical (unpaired) electrons. The molecule has 200 valence electrons. The maximum Gasteiger partial charge on any atom is 0.301 e. The molecule has 0 aliphatic carbocycles. The van der Waals surface area contributed by atoms with Crippen molar-refractivity contribution in [1.29, 1.82) is 0 Å². The fourth-order valence-corrected chi connectivity index (χ4v) is 6.51.